The minimum atomic E-state index is -1.26. The van der Waals surface area contributed by atoms with Crippen molar-refractivity contribution in [1.29, 1.82) is 0 Å². The van der Waals surface area contributed by atoms with Crippen molar-refractivity contribution in [1.82, 2.24) is 0 Å². The number of benzene rings is 2. The number of hydrogen-bond donors (Lipinski definition) is 2. The molecule has 0 saturated heterocycles. The molecule has 0 aliphatic carbocycles. The average molecular weight is 328 g/mol. The summed E-state index contributed by atoms with van der Waals surface area (Å²) in [4.78, 5) is 22.0. The van der Waals surface area contributed by atoms with Crippen LogP contribution >= 0.6 is 0 Å². The number of nitrogens with one attached hydrogen (secondary N) is 1. The van der Waals surface area contributed by atoms with E-state index in [0.717, 1.165) is 16.8 Å². The first-order valence-corrected chi connectivity index (χ1v) is 7.56. The Bertz CT molecular complexity index is 756. The van der Waals surface area contributed by atoms with Gasteiger partial charge in [-0.2, -0.15) is 0 Å². The molecule has 6 heteroatoms. The summed E-state index contributed by atoms with van der Waals surface area (Å²) in [7, 11) is 0. The van der Waals surface area contributed by atoms with Gasteiger partial charge in [0.2, 0.25) is 0 Å². The molecule has 0 saturated carbocycles. The highest BCUT2D eigenvalue weighted by atomic mass is 16.6. The summed E-state index contributed by atoms with van der Waals surface area (Å²) in [5.41, 5.74) is 3.45. The Morgan fingerprint density at radius 1 is 1.17 bits per heavy atom. The quantitative estimate of drug-likeness (QED) is 0.627. The Labute approximate surface area is 140 Å². The molecule has 0 bridgehead atoms. The van der Waals surface area contributed by atoms with Crippen molar-refractivity contribution < 1.29 is 14.8 Å². The van der Waals surface area contributed by atoms with Gasteiger partial charge in [-0.05, 0) is 38.0 Å². The number of hydrogen-bond acceptors (Lipinski definition) is 5. The summed E-state index contributed by atoms with van der Waals surface area (Å²) in [6.07, 6.45) is -1.26. The summed E-state index contributed by atoms with van der Waals surface area (Å²) in [6.45, 7) is 5.23. The fourth-order valence-corrected chi connectivity index (χ4v) is 2.53. The van der Waals surface area contributed by atoms with Crippen molar-refractivity contribution in [2.24, 2.45) is 0 Å². The van der Waals surface area contributed by atoms with Gasteiger partial charge in [0.15, 0.2) is 5.78 Å². The van der Waals surface area contributed by atoms with Gasteiger partial charge in [-0.3, -0.25) is 14.9 Å². The van der Waals surface area contributed by atoms with Gasteiger partial charge >= 0.3 is 0 Å². The molecule has 0 aliphatic rings. The fraction of sp³-hybridized carbons (Fsp3) is 0.278. The van der Waals surface area contributed by atoms with E-state index < -0.39 is 17.1 Å². The number of nitro groups is 1. The molecule has 0 amide bonds. The first kappa shape index (κ1) is 17.6. The third-order valence-electron chi connectivity index (χ3n) is 3.89. The smallest absolute Gasteiger partial charge is 0.269 e. The summed E-state index contributed by atoms with van der Waals surface area (Å²) in [5.74, 6) is -0.379. The summed E-state index contributed by atoms with van der Waals surface area (Å²) >= 11 is 0. The Kier molecular flexibility index (Phi) is 5.31. The molecule has 0 unspecified atom stereocenters. The molecule has 0 spiro atoms. The molecule has 2 aromatic carbocycles. The third kappa shape index (κ3) is 3.97. The monoisotopic (exact) mass is 328 g/mol. The second-order valence-electron chi connectivity index (χ2n) is 5.84. The van der Waals surface area contributed by atoms with E-state index >= 15 is 0 Å². The number of carbonyl (C=O) groups excluding carboxylic acids is 1. The van der Waals surface area contributed by atoms with Crippen molar-refractivity contribution in [3.05, 3.63) is 69.3 Å². The molecule has 0 heterocycles. The molecule has 0 aliphatic heterocycles. The highest BCUT2D eigenvalue weighted by Crippen LogP contribution is 2.27. The zero-order chi connectivity index (χ0) is 17.9. The summed E-state index contributed by atoms with van der Waals surface area (Å²) in [5, 5.41) is 24.2. The highest BCUT2D eigenvalue weighted by molar-refractivity contribution is 5.82. The lowest BCUT2D eigenvalue weighted by Gasteiger charge is -2.25. The maximum absolute atomic E-state index is 11.7. The van der Waals surface area contributed by atoms with Crippen LogP contribution in [0.25, 0.3) is 0 Å². The van der Waals surface area contributed by atoms with Crippen LogP contribution in [0.15, 0.2) is 42.5 Å². The zero-order valence-corrected chi connectivity index (χ0v) is 13.8. The summed E-state index contributed by atoms with van der Waals surface area (Å²) in [6, 6.07) is 10.9. The number of nitrogens with zero attached hydrogens (tertiary/aromatic N) is 1. The minimum absolute atomic E-state index is 0.0404. The Hall–Kier alpha value is -2.73. The maximum Gasteiger partial charge on any atom is 0.269 e. The number of Topliss-reactive ketones (excluding diaryl/α,β-unsaturated/α-hetero) is 1. The van der Waals surface area contributed by atoms with Crippen molar-refractivity contribution >= 4 is 17.2 Å². The topological polar surface area (TPSA) is 92.5 Å². The molecule has 0 fully saturated rings. The van der Waals surface area contributed by atoms with Crippen LogP contribution in [0, 0.1) is 24.0 Å². The second-order valence-corrected chi connectivity index (χ2v) is 5.84. The lowest BCUT2D eigenvalue weighted by Crippen LogP contribution is -2.31. The average Bonchev–Trinajstić information content (AvgIpc) is 2.53. The second kappa shape index (κ2) is 7.23. The van der Waals surface area contributed by atoms with Gasteiger partial charge in [-0.15, -0.1) is 0 Å². The number of anilines is 1. The Morgan fingerprint density at radius 2 is 1.79 bits per heavy atom. The number of non-ortho nitro benzene ring substituents is 1. The van der Waals surface area contributed by atoms with E-state index in [1.54, 1.807) is 12.1 Å². The molecule has 126 valence electrons. The Balaban J connectivity index is 2.37. The molecule has 2 N–H and O–H groups in total. The van der Waals surface area contributed by atoms with Crippen LogP contribution in [0.3, 0.4) is 0 Å². The number of nitro benzene ring substituents is 1. The maximum atomic E-state index is 11.7. The predicted octanol–water partition coefficient (Wildman–Crippen LogP) is 3.31. The number of aryl methyl sites for hydroxylation is 2. The van der Waals surface area contributed by atoms with Crippen molar-refractivity contribution in [2.75, 3.05) is 5.32 Å². The van der Waals surface area contributed by atoms with E-state index in [1.807, 2.05) is 32.0 Å². The van der Waals surface area contributed by atoms with Gasteiger partial charge in [0.25, 0.3) is 5.69 Å². The van der Waals surface area contributed by atoms with Crippen LogP contribution in [-0.2, 0) is 4.79 Å². The first-order valence-electron chi connectivity index (χ1n) is 7.56. The number of rotatable bonds is 6. The number of ketones is 1. The predicted molar refractivity (Wildman–Crippen MR) is 92.1 cm³/mol. The van der Waals surface area contributed by atoms with Gasteiger partial charge in [0.1, 0.15) is 6.10 Å². The third-order valence-corrected chi connectivity index (χ3v) is 3.89. The van der Waals surface area contributed by atoms with Crippen LogP contribution in [0.4, 0.5) is 11.4 Å². The zero-order valence-electron chi connectivity index (χ0n) is 13.8. The van der Waals surface area contributed by atoms with Crippen LogP contribution < -0.4 is 5.32 Å². The number of carbonyl (C=O) groups is 1. The van der Waals surface area contributed by atoms with Crippen LogP contribution in [0.2, 0.25) is 0 Å². The Morgan fingerprint density at radius 3 is 2.29 bits per heavy atom. The highest BCUT2D eigenvalue weighted by Gasteiger charge is 2.25. The molecule has 6 nitrogen and oxygen atoms in total. The molecule has 0 radical (unpaired) electrons. The SMILES string of the molecule is CC(=O)[C@@H](O)[C@H](Nc1ccc(C)cc1C)c1ccc([N+](=O)[O-])cc1. The molecule has 2 atom stereocenters. The molecule has 2 aromatic rings. The molecular weight excluding hydrogens is 308 g/mol. The van der Waals surface area contributed by atoms with Crippen molar-refractivity contribution in [2.45, 2.75) is 32.9 Å². The lowest BCUT2D eigenvalue weighted by molar-refractivity contribution is -0.384. The normalized spacial score (nSPS) is 13.2. The van der Waals surface area contributed by atoms with Crippen LogP contribution in [-0.4, -0.2) is 21.9 Å². The lowest BCUT2D eigenvalue weighted by atomic mass is 9.97. The first-order chi connectivity index (χ1) is 11.3. The minimum Gasteiger partial charge on any atom is -0.383 e. The van der Waals surface area contributed by atoms with E-state index in [1.165, 1.54) is 19.1 Å². The number of aliphatic hydroxyl groups excluding tert-OH is 1. The molecule has 2 rings (SSSR count). The van der Waals surface area contributed by atoms with Gasteiger partial charge in [0.05, 0.1) is 11.0 Å². The van der Waals surface area contributed by atoms with Crippen LogP contribution in [0.1, 0.15) is 29.7 Å². The van der Waals surface area contributed by atoms with E-state index in [9.17, 15) is 20.0 Å². The van der Waals surface area contributed by atoms with E-state index in [0.29, 0.717) is 5.56 Å². The van der Waals surface area contributed by atoms with E-state index in [2.05, 4.69) is 5.32 Å². The largest absolute Gasteiger partial charge is 0.383 e. The molecular formula is C18H20N2O4. The van der Waals surface area contributed by atoms with Crippen LogP contribution in [0.5, 0.6) is 0 Å². The molecule has 0 aromatic heterocycles. The molecule has 24 heavy (non-hydrogen) atoms. The number of aliphatic hydroxyl groups is 1. The summed E-state index contributed by atoms with van der Waals surface area (Å²) < 4.78 is 0. The van der Waals surface area contributed by atoms with E-state index in [4.69, 9.17) is 0 Å². The fourth-order valence-electron chi connectivity index (χ4n) is 2.53. The van der Waals surface area contributed by atoms with E-state index in [-0.39, 0.29) is 11.5 Å². The van der Waals surface area contributed by atoms with Gasteiger partial charge < -0.3 is 10.4 Å². The van der Waals surface area contributed by atoms with Crippen molar-refractivity contribution in [3.63, 3.8) is 0 Å². The van der Waals surface area contributed by atoms with Gasteiger partial charge in [0, 0.05) is 17.8 Å². The van der Waals surface area contributed by atoms with Gasteiger partial charge in [-0.25, -0.2) is 0 Å². The van der Waals surface area contributed by atoms with Crippen molar-refractivity contribution in [3.8, 4) is 0 Å². The van der Waals surface area contributed by atoms with Gasteiger partial charge in [-0.1, -0.05) is 29.8 Å². The standard InChI is InChI=1S/C18H20N2O4/c1-11-4-9-16(12(2)10-11)19-17(18(22)13(3)21)14-5-7-15(8-6-14)20(23)24/h4-10,17-19,22H,1-3H3/t17-,18-/m1/s1.